The second-order valence-corrected chi connectivity index (χ2v) is 4.30. The molecule has 88 valence electrons. The fraction of sp³-hybridized carbons (Fsp3) is 0.917. The molecule has 0 aliphatic carbocycles. The molecule has 1 N–H and O–H groups in total. The van der Waals surface area contributed by atoms with Gasteiger partial charge in [-0.1, -0.05) is 6.92 Å². The van der Waals surface area contributed by atoms with Gasteiger partial charge in [0.1, 0.15) is 0 Å². The molecule has 0 bridgehead atoms. The second-order valence-electron chi connectivity index (χ2n) is 4.30. The minimum Gasteiger partial charge on any atom is -0.381 e. The number of ether oxygens (including phenoxy) is 1. The highest BCUT2D eigenvalue weighted by Crippen LogP contribution is 2.19. The first-order valence-corrected chi connectivity index (χ1v) is 6.17. The lowest BCUT2D eigenvalue weighted by molar-refractivity contribution is -0.121. The molecule has 1 rings (SSSR count). The molecule has 1 fully saturated rings. The van der Waals surface area contributed by atoms with E-state index < -0.39 is 0 Å². The molecular weight excluding hydrogens is 190 g/mol. The molecule has 0 atom stereocenters. The van der Waals surface area contributed by atoms with Crippen molar-refractivity contribution in [1.82, 2.24) is 5.32 Å². The molecular formula is C12H23NO2. The van der Waals surface area contributed by atoms with Crippen LogP contribution in [0.5, 0.6) is 0 Å². The van der Waals surface area contributed by atoms with Crippen LogP contribution in [-0.2, 0) is 9.53 Å². The Bertz CT molecular complexity index is 176. The quantitative estimate of drug-likeness (QED) is 0.686. The summed E-state index contributed by atoms with van der Waals surface area (Å²) in [5, 5.41) is 2.95. The predicted octanol–water partition coefficient (Wildman–Crippen LogP) is 2.11. The van der Waals surface area contributed by atoms with Crippen LogP contribution in [0.15, 0.2) is 0 Å². The third-order valence-corrected chi connectivity index (χ3v) is 2.93. The van der Waals surface area contributed by atoms with E-state index in [1.807, 2.05) is 6.92 Å². The summed E-state index contributed by atoms with van der Waals surface area (Å²) in [6, 6.07) is 0. The van der Waals surface area contributed by atoms with E-state index in [2.05, 4.69) is 5.32 Å². The fourth-order valence-electron chi connectivity index (χ4n) is 1.97. The van der Waals surface area contributed by atoms with E-state index in [4.69, 9.17) is 4.74 Å². The largest absolute Gasteiger partial charge is 0.381 e. The van der Waals surface area contributed by atoms with Gasteiger partial charge in [0.2, 0.25) is 5.91 Å². The van der Waals surface area contributed by atoms with Gasteiger partial charge in [0.25, 0.3) is 0 Å². The van der Waals surface area contributed by atoms with Crippen molar-refractivity contribution in [3.05, 3.63) is 0 Å². The Labute approximate surface area is 92.6 Å². The minimum absolute atomic E-state index is 0.199. The number of amides is 1. The van der Waals surface area contributed by atoms with E-state index >= 15 is 0 Å². The number of hydrogen-bond donors (Lipinski definition) is 1. The highest BCUT2D eigenvalue weighted by atomic mass is 16.5. The lowest BCUT2D eigenvalue weighted by Gasteiger charge is -2.21. The second kappa shape index (κ2) is 7.69. The number of carbonyl (C=O) groups excluding carboxylic acids is 1. The molecule has 0 aromatic carbocycles. The summed E-state index contributed by atoms with van der Waals surface area (Å²) in [5.41, 5.74) is 0. The Kier molecular flexibility index (Phi) is 6.41. The topological polar surface area (TPSA) is 38.3 Å². The summed E-state index contributed by atoms with van der Waals surface area (Å²) in [6.45, 7) is 4.72. The van der Waals surface area contributed by atoms with Crippen LogP contribution >= 0.6 is 0 Å². The maximum absolute atomic E-state index is 11.2. The van der Waals surface area contributed by atoms with Crippen LogP contribution in [0.1, 0.15) is 45.4 Å². The Morgan fingerprint density at radius 1 is 1.40 bits per heavy atom. The third kappa shape index (κ3) is 5.78. The minimum atomic E-state index is 0.199. The average molecular weight is 213 g/mol. The molecule has 0 radical (unpaired) electrons. The summed E-state index contributed by atoms with van der Waals surface area (Å²) in [6.07, 6.45) is 6.34. The standard InChI is InChI=1S/C12H23NO2/c1-2-4-12(14)13-8-3-5-11-6-9-15-10-7-11/h11H,2-10H2,1H3,(H,13,14). The van der Waals surface area contributed by atoms with E-state index in [0.717, 1.165) is 38.5 Å². The maximum atomic E-state index is 11.2. The number of nitrogens with one attached hydrogen (secondary N) is 1. The summed E-state index contributed by atoms with van der Waals surface area (Å²) in [4.78, 5) is 11.2. The van der Waals surface area contributed by atoms with Gasteiger partial charge in [0.05, 0.1) is 0 Å². The summed E-state index contributed by atoms with van der Waals surface area (Å²) < 4.78 is 5.31. The molecule has 0 saturated carbocycles. The van der Waals surface area contributed by atoms with Gasteiger partial charge in [-0.05, 0) is 38.0 Å². The summed E-state index contributed by atoms with van der Waals surface area (Å²) in [7, 11) is 0. The Morgan fingerprint density at radius 3 is 2.80 bits per heavy atom. The first-order chi connectivity index (χ1) is 7.33. The number of rotatable bonds is 6. The normalized spacial score (nSPS) is 17.7. The van der Waals surface area contributed by atoms with Crippen LogP contribution in [0, 0.1) is 5.92 Å². The van der Waals surface area contributed by atoms with Gasteiger partial charge < -0.3 is 10.1 Å². The molecule has 1 saturated heterocycles. The molecule has 1 aliphatic heterocycles. The lowest BCUT2D eigenvalue weighted by Crippen LogP contribution is -2.25. The van der Waals surface area contributed by atoms with Crippen molar-refractivity contribution >= 4 is 5.91 Å². The molecule has 1 aliphatic rings. The van der Waals surface area contributed by atoms with Crippen LogP contribution in [0.25, 0.3) is 0 Å². The van der Waals surface area contributed by atoms with Gasteiger partial charge in [0, 0.05) is 26.2 Å². The zero-order chi connectivity index (χ0) is 10.9. The molecule has 3 nitrogen and oxygen atoms in total. The van der Waals surface area contributed by atoms with Gasteiger partial charge in [-0.25, -0.2) is 0 Å². The smallest absolute Gasteiger partial charge is 0.219 e. The van der Waals surface area contributed by atoms with Gasteiger partial charge in [-0.15, -0.1) is 0 Å². The first kappa shape index (κ1) is 12.5. The highest BCUT2D eigenvalue weighted by molar-refractivity contribution is 5.75. The van der Waals surface area contributed by atoms with Crippen molar-refractivity contribution in [1.29, 1.82) is 0 Å². The molecule has 0 aromatic heterocycles. The van der Waals surface area contributed by atoms with Crippen molar-refractivity contribution in [3.8, 4) is 0 Å². The monoisotopic (exact) mass is 213 g/mol. The number of carbonyl (C=O) groups is 1. The van der Waals surface area contributed by atoms with Crippen molar-refractivity contribution in [2.45, 2.75) is 45.4 Å². The van der Waals surface area contributed by atoms with E-state index in [-0.39, 0.29) is 5.91 Å². The molecule has 15 heavy (non-hydrogen) atoms. The molecule has 0 unspecified atom stereocenters. The fourth-order valence-corrected chi connectivity index (χ4v) is 1.97. The third-order valence-electron chi connectivity index (χ3n) is 2.93. The van der Waals surface area contributed by atoms with Crippen molar-refractivity contribution in [3.63, 3.8) is 0 Å². The van der Waals surface area contributed by atoms with Crippen LogP contribution in [-0.4, -0.2) is 25.7 Å². The van der Waals surface area contributed by atoms with Crippen LogP contribution < -0.4 is 5.32 Å². The maximum Gasteiger partial charge on any atom is 0.219 e. The van der Waals surface area contributed by atoms with Crippen LogP contribution in [0.2, 0.25) is 0 Å². The van der Waals surface area contributed by atoms with E-state index in [0.29, 0.717) is 6.42 Å². The van der Waals surface area contributed by atoms with Crippen LogP contribution in [0.3, 0.4) is 0 Å². The van der Waals surface area contributed by atoms with Gasteiger partial charge >= 0.3 is 0 Å². The zero-order valence-electron chi connectivity index (χ0n) is 9.76. The molecule has 0 spiro atoms. The molecule has 1 heterocycles. The van der Waals surface area contributed by atoms with E-state index in [9.17, 15) is 4.79 Å². The average Bonchev–Trinajstić information content (AvgIpc) is 2.26. The number of hydrogen-bond acceptors (Lipinski definition) is 2. The first-order valence-electron chi connectivity index (χ1n) is 6.17. The summed E-state index contributed by atoms with van der Waals surface area (Å²) >= 11 is 0. The summed E-state index contributed by atoms with van der Waals surface area (Å²) in [5.74, 6) is 1.02. The molecule has 0 aromatic rings. The Hall–Kier alpha value is -0.570. The predicted molar refractivity (Wildman–Crippen MR) is 60.7 cm³/mol. The van der Waals surface area contributed by atoms with Crippen LogP contribution in [0.4, 0.5) is 0 Å². The van der Waals surface area contributed by atoms with E-state index in [1.54, 1.807) is 0 Å². The Balaban J connectivity index is 1.93. The van der Waals surface area contributed by atoms with Gasteiger partial charge in [-0.2, -0.15) is 0 Å². The van der Waals surface area contributed by atoms with E-state index in [1.165, 1.54) is 19.3 Å². The lowest BCUT2D eigenvalue weighted by atomic mass is 9.95. The molecule has 3 heteroatoms. The highest BCUT2D eigenvalue weighted by Gasteiger charge is 2.12. The van der Waals surface area contributed by atoms with Gasteiger partial charge in [-0.3, -0.25) is 4.79 Å². The van der Waals surface area contributed by atoms with Crippen molar-refractivity contribution in [2.75, 3.05) is 19.8 Å². The SMILES string of the molecule is CCCC(=O)NCCCC1CCOCC1. The van der Waals surface area contributed by atoms with Crippen molar-refractivity contribution < 1.29 is 9.53 Å². The van der Waals surface area contributed by atoms with Crippen molar-refractivity contribution in [2.24, 2.45) is 5.92 Å². The Morgan fingerprint density at radius 2 is 2.13 bits per heavy atom. The zero-order valence-corrected chi connectivity index (χ0v) is 9.76. The van der Waals surface area contributed by atoms with Gasteiger partial charge in [0.15, 0.2) is 0 Å². The molecule has 1 amide bonds.